The fraction of sp³-hybridized carbons (Fsp3) is 0.368. The van der Waals surface area contributed by atoms with Gasteiger partial charge in [0, 0.05) is 6.54 Å². The molecule has 0 bridgehead atoms. The van der Waals surface area contributed by atoms with Crippen molar-refractivity contribution in [3.05, 3.63) is 54.1 Å². The van der Waals surface area contributed by atoms with Gasteiger partial charge in [0.05, 0.1) is 24.7 Å². The molecule has 1 saturated heterocycles. The Kier molecular flexibility index (Phi) is 5.30. The van der Waals surface area contributed by atoms with Crippen molar-refractivity contribution in [2.75, 3.05) is 20.3 Å². The van der Waals surface area contributed by atoms with Crippen molar-refractivity contribution in [2.45, 2.75) is 30.7 Å². The van der Waals surface area contributed by atoms with Crippen molar-refractivity contribution < 1.29 is 17.9 Å². The van der Waals surface area contributed by atoms with E-state index in [0.717, 1.165) is 24.2 Å². The van der Waals surface area contributed by atoms with Gasteiger partial charge in [-0.2, -0.15) is 4.31 Å². The minimum absolute atomic E-state index is 0.136. The maximum Gasteiger partial charge on any atom is 0.243 e. The highest BCUT2D eigenvalue weighted by Crippen LogP contribution is 2.37. The number of hydrogen-bond acceptors (Lipinski definition) is 4. The molecule has 1 aliphatic heterocycles. The minimum atomic E-state index is -3.53. The van der Waals surface area contributed by atoms with E-state index in [2.05, 4.69) is 0 Å². The van der Waals surface area contributed by atoms with Crippen LogP contribution in [0.15, 0.2) is 53.4 Å². The summed E-state index contributed by atoms with van der Waals surface area (Å²) in [6, 6.07) is 14.1. The Morgan fingerprint density at radius 2 is 1.68 bits per heavy atom. The van der Waals surface area contributed by atoms with E-state index in [1.807, 2.05) is 31.2 Å². The van der Waals surface area contributed by atoms with Gasteiger partial charge < -0.3 is 9.47 Å². The second kappa shape index (κ2) is 7.45. The van der Waals surface area contributed by atoms with E-state index in [1.54, 1.807) is 35.7 Å². The fourth-order valence-corrected chi connectivity index (χ4v) is 4.88. The molecule has 1 unspecified atom stereocenters. The molecule has 1 fully saturated rings. The molecule has 2 aromatic carbocycles. The first kappa shape index (κ1) is 17.8. The lowest BCUT2D eigenvalue weighted by atomic mass is 10.1. The third-order valence-electron chi connectivity index (χ3n) is 4.45. The van der Waals surface area contributed by atoms with Crippen molar-refractivity contribution in [1.29, 1.82) is 0 Å². The fourth-order valence-electron chi connectivity index (χ4n) is 3.20. The monoisotopic (exact) mass is 361 g/mol. The average Bonchev–Trinajstić information content (AvgIpc) is 3.13. The van der Waals surface area contributed by atoms with Crippen LogP contribution in [0.5, 0.6) is 11.5 Å². The molecule has 0 aromatic heterocycles. The van der Waals surface area contributed by atoms with Gasteiger partial charge in [0.25, 0.3) is 0 Å². The van der Waals surface area contributed by atoms with Crippen molar-refractivity contribution >= 4 is 10.0 Å². The Morgan fingerprint density at radius 1 is 1.04 bits per heavy atom. The summed E-state index contributed by atoms with van der Waals surface area (Å²) in [5.74, 6) is 1.44. The lowest BCUT2D eigenvalue weighted by Gasteiger charge is -2.24. The van der Waals surface area contributed by atoms with Gasteiger partial charge in [0.2, 0.25) is 10.0 Å². The zero-order valence-corrected chi connectivity index (χ0v) is 15.3. The van der Waals surface area contributed by atoms with Crippen molar-refractivity contribution in [1.82, 2.24) is 4.31 Å². The summed E-state index contributed by atoms with van der Waals surface area (Å²) in [6.45, 7) is 3.08. The predicted molar refractivity (Wildman–Crippen MR) is 96.5 cm³/mol. The van der Waals surface area contributed by atoms with Crippen LogP contribution in [-0.2, 0) is 10.0 Å². The number of nitrogens with zero attached hydrogens (tertiary/aromatic N) is 1. The molecule has 134 valence electrons. The maximum atomic E-state index is 13.0. The molecule has 0 spiro atoms. The van der Waals surface area contributed by atoms with Crippen molar-refractivity contribution in [2.24, 2.45) is 0 Å². The third kappa shape index (κ3) is 3.65. The standard InChI is InChI=1S/C19H23NO4S/c1-3-24-17-8-6-15(7-9-17)19-5-4-14-20(19)25(21,22)18-12-10-16(23-2)11-13-18/h6-13,19H,3-5,14H2,1-2H3. The van der Waals surface area contributed by atoms with Crippen LogP contribution in [-0.4, -0.2) is 33.0 Å². The number of hydrogen-bond donors (Lipinski definition) is 0. The number of sulfonamides is 1. The zero-order chi connectivity index (χ0) is 17.9. The van der Waals surface area contributed by atoms with Crippen LogP contribution in [0.4, 0.5) is 0 Å². The first-order chi connectivity index (χ1) is 12.1. The maximum absolute atomic E-state index is 13.0. The molecule has 6 heteroatoms. The highest BCUT2D eigenvalue weighted by atomic mass is 32.2. The van der Waals surface area contributed by atoms with Gasteiger partial charge >= 0.3 is 0 Å². The molecule has 0 amide bonds. The number of ether oxygens (including phenoxy) is 2. The smallest absolute Gasteiger partial charge is 0.243 e. The lowest BCUT2D eigenvalue weighted by Crippen LogP contribution is -2.30. The second-order valence-electron chi connectivity index (χ2n) is 5.95. The second-order valence-corrected chi connectivity index (χ2v) is 7.84. The van der Waals surface area contributed by atoms with Crippen molar-refractivity contribution in [3.63, 3.8) is 0 Å². The number of benzene rings is 2. The van der Waals surface area contributed by atoms with E-state index in [-0.39, 0.29) is 6.04 Å². The summed E-state index contributed by atoms with van der Waals surface area (Å²) >= 11 is 0. The molecule has 0 radical (unpaired) electrons. The summed E-state index contributed by atoms with van der Waals surface area (Å²) in [4.78, 5) is 0.297. The van der Waals surface area contributed by atoms with Crippen LogP contribution in [0.2, 0.25) is 0 Å². The summed E-state index contributed by atoms with van der Waals surface area (Å²) in [5.41, 5.74) is 0.998. The topological polar surface area (TPSA) is 55.8 Å². The first-order valence-electron chi connectivity index (χ1n) is 8.45. The van der Waals surface area contributed by atoms with Crippen LogP contribution in [0.25, 0.3) is 0 Å². The number of rotatable bonds is 6. The normalized spacial score (nSPS) is 18.2. The zero-order valence-electron chi connectivity index (χ0n) is 14.5. The Bertz CT molecular complexity index is 800. The summed E-state index contributed by atoms with van der Waals surface area (Å²) in [5, 5.41) is 0. The van der Waals surface area contributed by atoms with Crippen LogP contribution in [0, 0.1) is 0 Å². The Hall–Kier alpha value is -2.05. The van der Waals surface area contributed by atoms with E-state index in [1.165, 1.54) is 0 Å². The third-order valence-corrected chi connectivity index (χ3v) is 6.37. The van der Waals surface area contributed by atoms with Crippen LogP contribution < -0.4 is 9.47 Å². The molecule has 1 heterocycles. The van der Waals surface area contributed by atoms with Gasteiger partial charge in [-0.05, 0) is 61.7 Å². The van der Waals surface area contributed by atoms with Gasteiger partial charge in [-0.15, -0.1) is 0 Å². The Morgan fingerprint density at radius 3 is 2.28 bits per heavy atom. The summed E-state index contributed by atoms with van der Waals surface area (Å²) < 4.78 is 38.3. The first-order valence-corrected chi connectivity index (χ1v) is 9.89. The van der Waals surface area contributed by atoms with Gasteiger partial charge in [0.15, 0.2) is 0 Å². The van der Waals surface area contributed by atoms with Crippen LogP contribution in [0.3, 0.4) is 0 Å². The van der Waals surface area contributed by atoms with E-state index in [9.17, 15) is 8.42 Å². The van der Waals surface area contributed by atoms with E-state index < -0.39 is 10.0 Å². The molecular weight excluding hydrogens is 338 g/mol. The average molecular weight is 361 g/mol. The molecular formula is C19H23NO4S. The van der Waals surface area contributed by atoms with Crippen LogP contribution in [0.1, 0.15) is 31.4 Å². The molecule has 0 aliphatic carbocycles. The molecule has 25 heavy (non-hydrogen) atoms. The lowest BCUT2D eigenvalue weighted by molar-refractivity contribution is 0.339. The predicted octanol–water partition coefficient (Wildman–Crippen LogP) is 3.62. The van der Waals surface area contributed by atoms with E-state index in [0.29, 0.717) is 23.8 Å². The molecule has 0 saturated carbocycles. The molecule has 5 nitrogen and oxygen atoms in total. The quantitative estimate of drug-likeness (QED) is 0.788. The van der Waals surface area contributed by atoms with E-state index in [4.69, 9.17) is 9.47 Å². The van der Waals surface area contributed by atoms with E-state index >= 15 is 0 Å². The largest absolute Gasteiger partial charge is 0.497 e. The molecule has 3 rings (SSSR count). The molecule has 2 aromatic rings. The van der Waals surface area contributed by atoms with Gasteiger partial charge in [-0.1, -0.05) is 12.1 Å². The molecule has 1 atom stereocenters. The minimum Gasteiger partial charge on any atom is -0.497 e. The Labute approximate surface area is 149 Å². The highest BCUT2D eigenvalue weighted by Gasteiger charge is 2.36. The molecule has 0 N–H and O–H groups in total. The van der Waals surface area contributed by atoms with Gasteiger partial charge in [-0.25, -0.2) is 8.42 Å². The van der Waals surface area contributed by atoms with Crippen molar-refractivity contribution in [3.8, 4) is 11.5 Å². The highest BCUT2D eigenvalue weighted by molar-refractivity contribution is 7.89. The summed E-state index contributed by atoms with van der Waals surface area (Å²) in [6.07, 6.45) is 1.68. The van der Waals surface area contributed by atoms with Crippen LogP contribution >= 0.6 is 0 Å². The SMILES string of the molecule is CCOc1ccc(C2CCCN2S(=O)(=O)c2ccc(OC)cc2)cc1. The Balaban J connectivity index is 1.86. The summed E-state index contributed by atoms with van der Waals surface area (Å²) in [7, 11) is -1.97. The van der Waals surface area contributed by atoms with Gasteiger partial charge in [-0.3, -0.25) is 0 Å². The number of methoxy groups -OCH3 is 1. The molecule has 1 aliphatic rings. The van der Waals surface area contributed by atoms with Gasteiger partial charge in [0.1, 0.15) is 11.5 Å².